The molecule has 0 spiro atoms. The van der Waals surface area contributed by atoms with Gasteiger partial charge in [0.25, 0.3) is 5.91 Å². The minimum atomic E-state index is -0.202. The van der Waals surface area contributed by atoms with Gasteiger partial charge in [-0.1, -0.05) is 51.8 Å². The molecule has 1 N–H and O–H groups in total. The molecule has 2 aromatic carbocycles. The Labute approximate surface area is 119 Å². The summed E-state index contributed by atoms with van der Waals surface area (Å²) < 4.78 is 0. The van der Waals surface area contributed by atoms with E-state index in [9.17, 15) is 4.79 Å². The van der Waals surface area contributed by atoms with E-state index in [-0.39, 0.29) is 5.91 Å². The molecule has 0 saturated heterocycles. The summed E-state index contributed by atoms with van der Waals surface area (Å²) in [6, 6.07) is 14.6. The van der Waals surface area contributed by atoms with Gasteiger partial charge in [0.05, 0.1) is 10.6 Å². The largest absolute Gasteiger partial charge is 0.322 e. The zero-order chi connectivity index (χ0) is 13.0. The normalized spacial score (nSPS) is 10.1. The van der Waals surface area contributed by atoms with Crippen molar-refractivity contribution >= 4 is 39.1 Å². The van der Waals surface area contributed by atoms with Crippen LogP contribution < -0.4 is 5.32 Å². The quantitative estimate of drug-likeness (QED) is 0.828. The molecule has 0 aromatic heterocycles. The highest BCUT2D eigenvalue weighted by Gasteiger charge is 2.09. The van der Waals surface area contributed by atoms with Crippen molar-refractivity contribution in [1.82, 2.24) is 0 Å². The van der Waals surface area contributed by atoms with E-state index in [1.165, 1.54) is 0 Å². The summed E-state index contributed by atoms with van der Waals surface area (Å²) in [5.74, 6) is -0.202. The maximum absolute atomic E-state index is 12.0. The van der Waals surface area contributed by atoms with Crippen LogP contribution in [-0.4, -0.2) is 5.91 Å². The molecule has 4 heteroatoms. The van der Waals surface area contributed by atoms with Crippen LogP contribution in [0.5, 0.6) is 0 Å². The maximum Gasteiger partial charge on any atom is 0.257 e. The number of carbonyl (C=O) groups excluding carboxylic acids is 1. The highest BCUT2D eigenvalue weighted by molar-refractivity contribution is 9.08. The Morgan fingerprint density at radius 3 is 2.67 bits per heavy atom. The zero-order valence-corrected chi connectivity index (χ0v) is 11.8. The number of hydrogen-bond acceptors (Lipinski definition) is 1. The van der Waals surface area contributed by atoms with Gasteiger partial charge < -0.3 is 5.32 Å². The van der Waals surface area contributed by atoms with Crippen LogP contribution in [-0.2, 0) is 5.33 Å². The molecule has 18 heavy (non-hydrogen) atoms. The third kappa shape index (κ3) is 3.12. The van der Waals surface area contributed by atoms with Crippen LogP contribution in [0, 0.1) is 0 Å². The Morgan fingerprint density at radius 1 is 1.17 bits per heavy atom. The predicted octanol–water partition coefficient (Wildman–Crippen LogP) is 4.49. The van der Waals surface area contributed by atoms with Gasteiger partial charge in [0, 0.05) is 11.0 Å². The van der Waals surface area contributed by atoms with Gasteiger partial charge in [0.15, 0.2) is 0 Å². The van der Waals surface area contributed by atoms with Crippen molar-refractivity contribution < 1.29 is 4.79 Å². The second-order valence-electron chi connectivity index (χ2n) is 3.77. The van der Waals surface area contributed by atoms with E-state index in [1.54, 1.807) is 24.3 Å². The van der Waals surface area contributed by atoms with Gasteiger partial charge in [-0.15, -0.1) is 0 Å². The van der Waals surface area contributed by atoms with Crippen molar-refractivity contribution in [2.24, 2.45) is 0 Å². The summed E-state index contributed by atoms with van der Waals surface area (Å²) in [6.07, 6.45) is 0. The van der Waals surface area contributed by atoms with Crippen molar-refractivity contribution in [3.8, 4) is 0 Å². The van der Waals surface area contributed by atoms with Gasteiger partial charge in [-0.05, 0) is 29.8 Å². The summed E-state index contributed by atoms with van der Waals surface area (Å²) >= 11 is 9.36. The summed E-state index contributed by atoms with van der Waals surface area (Å²) in [6.45, 7) is 0. The van der Waals surface area contributed by atoms with Crippen LogP contribution in [0.1, 0.15) is 15.9 Å². The van der Waals surface area contributed by atoms with Gasteiger partial charge in [0.2, 0.25) is 0 Å². The first-order chi connectivity index (χ1) is 8.70. The Kier molecular flexibility index (Phi) is 4.39. The highest BCUT2D eigenvalue weighted by atomic mass is 79.9. The smallest absolute Gasteiger partial charge is 0.257 e. The summed E-state index contributed by atoms with van der Waals surface area (Å²) in [4.78, 5) is 12.0. The van der Waals surface area contributed by atoms with E-state index < -0.39 is 0 Å². The van der Waals surface area contributed by atoms with Crippen LogP contribution in [0.3, 0.4) is 0 Å². The lowest BCUT2D eigenvalue weighted by Crippen LogP contribution is -2.12. The van der Waals surface area contributed by atoms with Crippen molar-refractivity contribution in [3.05, 3.63) is 64.7 Å². The fraction of sp³-hybridized carbons (Fsp3) is 0.0714. The molecule has 0 radical (unpaired) electrons. The second-order valence-corrected chi connectivity index (χ2v) is 4.74. The minimum absolute atomic E-state index is 0.202. The van der Waals surface area contributed by atoms with E-state index >= 15 is 0 Å². The van der Waals surface area contributed by atoms with Gasteiger partial charge in [-0.3, -0.25) is 4.79 Å². The standard InChI is InChI=1S/C14H11BrClNO/c15-9-10-4-3-5-11(8-10)17-14(18)12-6-1-2-7-13(12)16/h1-8H,9H2,(H,17,18). The summed E-state index contributed by atoms with van der Waals surface area (Å²) in [5, 5.41) is 4.03. The SMILES string of the molecule is O=C(Nc1cccc(CBr)c1)c1ccccc1Cl. The Hall–Kier alpha value is -1.32. The molecular weight excluding hydrogens is 314 g/mol. The summed E-state index contributed by atoms with van der Waals surface area (Å²) in [7, 11) is 0. The zero-order valence-electron chi connectivity index (χ0n) is 9.49. The van der Waals surface area contributed by atoms with E-state index in [2.05, 4.69) is 21.2 Å². The molecule has 0 bridgehead atoms. The molecule has 0 unspecified atom stereocenters. The first-order valence-corrected chi connectivity index (χ1v) is 6.91. The number of halogens is 2. The predicted molar refractivity (Wildman–Crippen MR) is 78.5 cm³/mol. The number of alkyl halides is 1. The van der Waals surface area contributed by atoms with E-state index in [1.807, 2.05) is 24.3 Å². The van der Waals surface area contributed by atoms with Crippen LogP contribution in [0.2, 0.25) is 5.02 Å². The van der Waals surface area contributed by atoms with Crippen molar-refractivity contribution in [2.45, 2.75) is 5.33 Å². The maximum atomic E-state index is 12.0. The Bertz CT molecular complexity index is 571. The summed E-state index contributed by atoms with van der Waals surface area (Å²) in [5.41, 5.74) is 2.34. The van der Waals surface area contributed by atoms with Crippen molar-refractivity contribution in [1.29, 1.82) is 0 Å². The molecule has 0 saturated carbocycles. The number of nitrogens with one attached hydrogen (secondary N) is 1. The Balaban J connectivity index is 2.19. The molecule has 2 rings (SSSR count). The molecule has 0 atom stereocenters. The molecule has 0 heterocycles. The Morgan fingerprint density at radius 2 is 1.94 bits per heavy atom. The molecule has 1 amide bonds. The van der Waals surface area contributed by atoms with Gasteiger partial charge in [-0.25, -0.2) is 0 Å². The molecule has 92 valence electrons. The van der Waals surface area contributed by atoms with Crippen molar-refractivity contribution in [2.75, 3.05) is 5.32 Å². The second kappa shape index (κ2) is 6.03. The van der Waals surface area contributed by atoms with Crippen LogP contribution >= 0.6 is 27.5 Å². The third-order valence-electron chi connectivity index (χ3n) is 2.46. The topological polar surface area (TPSA) is 29.1 Å². The molecule has 2 aromatic rings. The van der Waals surface area contributed by atoms with E-state index in [0.29, 0.717) is 10.6 Å². The third-order valence-corrected chi connectivity index (χ3v) is 3.43. The average Bonchev–Trinajstić information content (AvgIpc) is 2.39. The fourth-order valence-electron chi connectivity index (χ4n) is 1.58. The van der Waals surface area contributed by atoms with Crippen LogP contribution in [0.15, 0.2) is 48.5 Å². The van der Waals surface area contributed by atoms with Crippen molar-refractivity contribution in [3.63, 3.8) is 0 Å². The number of anilines is 1. The first-order valence-electron chi connectivity index (χ1n) is 5.41. The molecule has 0 aliphatic carbocycles. The van der Waals surface area contributed by atoms with Gasteiger partial charge in [0.1, 0.15) is 0 Å². The van der Waals surface area contributed by atoms with Gasteiger partial charge >= 0.3 is 0 Å². The molecule has 0 aliphatic heterocycles. The number of benzene rings is 2. The monoisotopic (exact) mass is 323 g/mol. The number of hydrogen-bond donors (Lipinski definition) is 1. The number of amides is 1. The van der Waals surface area contributed by atoms with Gasteiger partial charge in [-0.2, -0.15) is 0 Å². The fourth-order valence-corrected chi connectivity index (χ4v) is 2.15. The van der Waals surface area contributed by atoms with E-state index in [4.69, 9.17) is 11.6 Å². The lowest BCUT2D eigenvalue weighted by atomic mass is 10.2. The minimum Gasteiger partial charge on any atom is -0.322 e. The van der Waals surface area contributed by atoms with Crippen LogP contribution in [0.4, 0.5) is 5.69 Å². The lowest BCUT2D eigenvalue weighted by molar-refractivity contribution is 0.102. The molecular formula is C14H11BrClNO. The number of carbonyl (C=O) groups is 1. The molecule has 0 aliphatic rings. The molecule has 2 nitrogen and oxygen atoms in total. The van der Waals surface area contributed by atoms with E-state index in [0.717, 1.165) is 16.6 Å². The number of rotatable bonds is 3. The molecule has 0 fully saturated rings. The van der Waals surface area contributed by atoms with Crippen LogP contribution in [0.25, 0.3) is 0 Å². The highest BCUT2D eigenvalue weighted by Crippen LogP contribution is 2.18. The lowest BCUT2D eigenvalue weighted by Gasteiger charge is -2.07. The first kappa shape index (κ1) is 13.1. The average molecular weight is 325 g/mol.